The Balaban J connectivity index is 3.27. The van der Waals surface area contributed by atoms with Crippen LogP contribution in [0.4, 0.5) is 0 Å². The fourth-order valence-electron chi connectivity index (χ4n) is 0.447. The summed E-state index contributed by atoms with van der Waals surface area (Å²) < 4.78 is 4.80. The van der Waals surface area contributed by atoms with Crippen molar-refractivity contribution in [1.29, 1.82) is 0 Å². The van der Waals surface area contributed by atoms with Gasteiger partial charge >= 0.3 is 5.97 Å². The molecule has 0 bridgehead atoms. The molecule has 0 unspecified atom stereocenters. The molecule has 0 aliphatic rings. The predicted octanol–water partition coefficient (Wildman–Crippen LogP) is 1.55. The lowest BCUT2D eigenvalue weighted by Gasteiger charge is -2.05. The largest absolute Gasteiger partial charge is 0.463 e. The number of hydrogen-bond donors (Lipinski definition) is 0. The average Bonchev–Trinajstić information content (AvgIpc) is 1.63. The molecule has 0 aromatic carbocycles. The van der Waals surface area contributed by atoms with Crippen LogP contribution in [0.25, 0.3) is 0 Å². The quantitative estimate of drug-likeness (QED) is 0.540. The summed E-state index contributed by atoms with van der Waals surface area (Å²) in [6, 6.07) is 0. The molecule has 0 aliphatic heterocycles. The van der Waals surface area contributed by atoms with Gasteiger partial charge in [-0.3, -0.25) is 4.79 Å². The number of ether oxygens (including phenoxy) is 1. The molecule has 0 aliphatic carbocycles. The van der Waals surface area contributed by atoms with Crippen molar-refractivity contribution in [3.8, 4) is 0 Å². The first-order valence-corrected chi connectivity index (χ1v) is 3.20. The van der Waals surface area contributed by atoms with Crippen molar-refractivity contribution in [3.63, 3.8) is 0 Å². The van der Waals surface area contributed by atoms with E-state index in [2.05, 4.69) is 0 Å². The zero-order valence-corrected chi connectivity index (χ0v) is 6.18. The molecule has 0 amide bonds. The molecule has 0 atom stereocenters. The molecule has 0 aromatic rings. The highest BCUT2D eigenvalue weighted by Crippen LogP contribution is 1.93. The second-order valence-electron chi connectivity index (χ2n) is 2.10. The van der Waals surface area contributed by atoms with Gasteiger partial charge in [0.1, 0.15) is 0 Å². The Morgan fingerprint density at radius 2 is 2.22 bits per heavy atom. The zero-order chi connectivity index (χ0) is 7.28. The van der Waals surface area contributed by atoms with Gasteiger partial charge in [0.25, 0.3) is 0 Å². The lowest BCUT2D eigenvalue weighted by molar-refractivity contribution is -0.143. The van der Waals surface area contributed by atoms with Crippen LogP contribution in [0.1, 0.15) is 27.2 Å². The fraction of sp³-hybridized carbons (Fsp3) is 0.714. The van der Waals surface area contributed by atoms with Crippen molar-refractivity contribution in [2.75, 3.05) is 0 Å². The topological polar surface area (TPSA) is 26.3 Å². The Morgan fingerprint density at radius 1 is 1.67 bits per heavy atom. The maximum absolute atomic E-state index is 10.6. The Morgan fingerprint density at radius 3 is 2.56 bits per heavy atom. The SMILES string of the molecule is CC[CH]C(=O)OC(C)C. The molecule has 53 valence electrons. The molecule has 0 spiro atoms. The number of hydrogen-bond acceptors (Lipinski definition) is 2. The predicted molar refractivity (Wildman–Crippen MR) is 35.8 cm³/mol. The Bertz CT molecular complexity index is 86.9. The molecule has 2 nitrogen and oxygen atoms in total. The summed E-state index contributed by atoms with van der Waals surface area (Å²) in [5, 5.41) is 0. The van der Waals surface area contributed by atoms with E-state index >= 15 is 0 Å². The summed E-state index contributed by atoms with van der Waals surface area (Å²) in [4.78, 5) is 10.6. The monoisotopic (exact) mass is 129 g/mol. The lowest BCUT2D eigenvalue weighted by Crippen LogP contribution is -2.10. The van der Waals surface area contributed by atoms with E-state index in [0.29, 0.717) is 0 Å². The molecular weight excluding hydrogens is 116 g/mol. The zero-order valence-electron chi connectivity index (χ0n) is 6.18. The van der Waals surface area contributed by atoms with Crippen LogP contribution in [-0.2, 0) is 9.53 Å². The second-order valence-corrected chi connectivity index (χ2v) is 2.10. The smallest absolute Gasteiger partial charge is 0.310 e. The molecule has 0 saturated carbocycles. The summed E-state index contributed by atoms with van der Waals surface area (Å²) >= 11 is 0. The molecule has 0 rings (SSSR count). The summed E-state index contributed by atoms with van der Waals surface area (Å²) in [6.07, 6.45) is 2.27. The van der Waals surface area contributed by atoms with E-state index in [0.717, 1.165) is 6.42 Å². The lowest BCUT2D eigenvalue weighted by atomic mass is 10.3. The molecule has 2 heteroatoms. The second kappa shape index (κ2) is 4.36. The van der Waals surface area contributed by atoms with Crippen molar-refractivity contribution in [3.05, 3.63) is 6.42 Å². The van der Waals surface area contributed by atoms with Gasteiger partial charge in [0.15, 0.2) is 0 Å². The van der Waals surface area contributed by atoms with E-state index in [1.165, 1.54) is 6.42 Å². The van der Waals surface area contributed by atoms with Crippen molar-refractivity contribution >= 4 is 5.97 Å². The molecule has 0 N–H and O–H groups in total. The van der Waals surface area contributed by atoms with Gasteiger partial charge in [-0.1, -0.05) is 6.92 Å². The van der Waals surface area contributed by atoms with Gasteiger partial charge in [-0.15, -0.1) is 0 Å². The molecular formula is C7H13O2. The van der Waals surface area contributed by atoms with Crippen LogP contribution >= 0.6 is 0 Å². The van der Waals surface area contributed by atoms with Crippen LogP contribution in [0.2, 0.25) is 0 Å². The minimum atomic E-state index is -0.215. The minimum absolute atomic E-state index is 0.000278. The highest BCUT2D eigenvalue weighted by atomic mass is 16.5. The van der Waals surface area contributed by atoms with Gasteiger partial charge < -0.3 is 4.74 Å². The van der Waals surface area contributed by atoms with Gasteiger partial charge in [0.2, 0.25) is 0 Å². The van der Waals surface area contributed by atoms with Crippen molar-refractivity contribution < 1.29 is 9.53 Å². The van der Waals surface area contributed by atoms with Gasteiger partial charge in [-0.05, 0) is 20.3 Å². The molecule has 9 heavy (non-hydrogen) atoms. The Labute approximate surface area is 56.2 Å². The Kier molecular flexibility index (Phi) is 4.10. The molecule has 0 heterocycles. The molecule has 0 fully saturated rings. The third kappa shape index (κ3) is 5.34. The summed E-state index contributed by atoms with van der Waals surface area (Å²) in [6.45, 7) is 5.57. The van der Waals surface area contributed by atoms with Crippen LogP contribution in [-0.4, -0.2) is 12.1 Å². The Hall–Kier alpha value is -0.530. The van der Waals surface area contributed by atoms with E-state index in [1.54, 1.807) is 0 Å². The van der Waals surface area contributed by atoms with Crippen LogP contribution in [0.5, 0.6) is 0 Å². The minimum Gasteiger partial charge on any atom is -0.463 e. The average molecular weight is 129 g/mol. The van der Waals surface area contributed by atoms with E-state index in [4.69, 9.17) is 4.74 Å². The van der Waals surface area contributed by atoms with Gasteiger partial charge in [0, 0.05) is 0 Å². The van der Waals surface area contributed by atoms with E-state index in [1.807, 2.05) is 20.8 Å². The summed E-state index contributed by atoms with van der Waals surface area (Å²) in [5.41, 5.74) is 0. The van der Waals surface area contributed by atoms with E-state index in [9.17, 15) is 4.79 Å². The number of carbonyl (C=O) groups is 1. The van der Waals surface area contributed by atoms with Gasteiger partial charge in [-0.2, -0.15) is 0 Å². The van der Waals surface area contributed by atoms with Crippen molar-refractivity contribution in [2.24, 2.45) is 0 Å². The molecule has 1 radical (unpaired) electrons. The summed E-state index contributed by atoms with van der Waals surface area (Å²) in [7, 11) is 0. The van der Waals surface area contributed by atoms with Gasteiger partial charge in [0.05, 0.1) is 12.5 Å². The number of rotatable bonds is 3. The third-order valence-corrected chi connectivity index (χ3v) is 0.723. The number of carbonyl (C=O) groups excluding carboxylic acids is 1. The van der Waals surface area contributed by atoms with Crippen molar-refractivity contribution in [1.82, 2.24) is 0 Å². The fourth-order valence-corrected chi connectivity index (χ4v) is 0.447. The van der Waals surface area contributed by atoms with E-state index < -0.39 is 0 Å². The highest BCUT2D eigenvalue weighted by Gasteiger charge is 2.02. The van der Waals surface area contributed by atoms with E-state index in [-0.39, 0.29) is 12.1 Å². The van der Waals surface area contributed by atoms with Gasteiger partial charge in [-0.25, -0.2) is 0 Å². The third-order valence-electron chi connectivity index (χ3n) is 0.723. The van der Waals surface area contributed by atoms with Crippen LogP contribution in [0.15, 0.2) is 0 Å². The maximum atomic E-state index is 10.6. The first-order chi connectivity index (χ1) is 4.16. The van der Waals surface area contributed by atoms with Crippen LogP contribution in [0.3, 0.4) is 0 Å². The van der Waals surface area contributed by atoms with Crippen LogP contribution in [0, 0.1) is 6.42 Å². The number of esters is 1. The van der Waals surface area contributed by atoms with Crippen LogP contribution < -0.4 is 0 Å². The normalized spacial score (nSPS) is 9.78. The molecule has 0 aromatic heterocycles. The molecule has 0 saturated heterocycles. The first kappa shape index (κ1) is 8.47. The standard InChI is InChI=1S/C7H13O2/c1-4-5-7(8)9-6(2)3/h5-6H,4H2,1-3H3. The summed E-state index contributed by atoms with van der Waals surface area (Å²) in [5.74, 6) is -0.215. The highest BCUT2D eigenvalue weighted by molar-refractivity contribution is 5.78. The van der Waals surface area contributed by atoms with Crippen molar-refractivity contribution in [2.45, 2.75) is 33.3 Å². The first-order valence-electron chi connectivity index (χ1n) is 3.20. The maximum Gasteiger partial charge on any atom is 0.310 e.